The van der Waals surface area contributed by atoms with Gasteiger partial charge in [0.2, 0.25) is 12.3 Å². The summed E-state index contributed by atoms with van der Waals surface area (Å²) in [6.07, 6.45) is 0.781. The van der Waals surface area contributed by atoms with Gasteiger partial charge >= 0.3 is 0 Å². The lowest BCUT2D eigenvalue weighted by Gasteiger charge is -2.31. The van der Waals surface area contributed by atoms with Crippen molar-refractivity contribution in [2.45, 2.75) is 6.92 Å². The summed E-state index contributed by atoms with van der Waals surface area (Å²) in [6.45, 7) is 3.37. The standard InChI is InChI=1S/C12H15N3O4/c1-9(17)13-11-3-2-10(19-11)12(18)15-6-4-14(8-16)5-7-15/h2-3,8H,4-7H2,1H3,(H,13,17). The molecule has 1 fully saturated rings. The summed E-state index contributed by atoms with van der Waals surface area (Å²) >= 11 is 0. The number of furan rings is 1. The Balaban J connectivity index is 1.98. The van der Waals surface area contributed by atoms with E-state index in [0.717, 1.165) is 6.41 Å². The fourth-order valence-corrected chi connectivity index (χ4v) is 1.88. The Labute approximate surface area is 110 Å². The van der Waals surface area contributed by atoms with Crippen LogP contribution in [0.25, 0.3) is 0 Å². The average Bonchev–Trinajstić information content (AvgIpc) is 2.85. The zero-order valence-corrected chi connectivity index (χ0v) is 10.6. The highest BCUT2D eigenvalue weighted by molar-refractivity contribution is 5.93. The molecular formula is C12H15N3O4. The van der Waals surface area contributed by atoms with E-state index in [-0.39, 0.29) is 23.5 Å². The van der Waals surface area contributed by atoms with Crippen molar-refractivity contribution in [2.24, 2.45) is 0 Å². The van der Waals surface area contributed by atoms with E-state index in [0.29, 0.717) is 26.2 Å². The number of nitrogens with zero attached hydrogens (tertiary/aromatic N) is 2. The molecule has 102 valence electrons. The Kier molecular flexibility index (Phi) is 3.84. The van der Waals surface area contributed by atoms with Gasteiger partial charge in [-0.25, -0.2) is 0 Å². The molecule has 7 nitrogen and oxygen atoms in total. The summed E-state index contributed by atoms with van der Waals surface area (Å²) in [5, 5.41) is 2.47. The SMILES string of the molecule is CC(=O)Nc1ccc(C(=O)N2CCN(C=O)CC2)o1. The molecule has 1 saturated heterocycles. The van der Waals surface area contributed by atoms with Crippen LogP contribution >= 0.6 is 0 Å². The molecule has 2 heterocycles. The van der Waals surface area contributed by atoms with Crippen molar-refractivity contribution in [1.82, 2.24) is 9.80 Å². The van der Waals surface area contributed by atoms with Gasteiger partial charge in [-0.2, -0.15) is 0 Å². The van der Waals surface area contributed by atoms with Crippen LogP contribution in [0.2, 0.25) is 0 Å². The molecule has 0 aromatic carbocycles. The van der Waals surface area contributed by atoms with Crippen molar-refractivity contribution in [3.05, 3.63) is 17.9 Å². The molecule has 0 radical (unpaired) electrons. The summed E-state index contributed by atoms with van der Waals surface area (Å²) in [7, 11) is 0. The van der Waals surface area contributed by atoms with Crippen molar-refractivity contribution < 1.29 is 18.8 Å². The molecule has 0 bridgehead atoms. The maximum Gasteiger partial charge on any atom is 0.289 e. The fourth-order valence-electron chi connectivity index (χ4n) is 1.88. The van der Waals surface area contributed by atoms with E-state index in [1.807, 2.05) is 0 Å². The third kappa shape index (κ3) is 3.12. The molecule has 19 heavy (non-hydrogen) atoms. The molecule has 0 saturated carbocycles. The Morgan fingerprint density at radius 1 is 1.26 bits per heavy atom. The monoisotopic (exact) mass is 265 g/mol. The maximum atomic E-state index is 12.1. The Morgan fingerprint density at radius 2 is 1.95 bits per heavy atom. The summed E-state index contributed by atoms with van der Waals surface area (Å²) < 4.78 is 5.26. The van der Waals surface area contributed by atoms with Crippen molar-refractivity contribution >= 4 is 24.1 Å². The first-order valence-corrected chi connectivity index (χ1v) is 5.96. The lowest BCUT2D eigenvalue weighted by Crippen LogP contribution is -2.48. The van der Waals surface area contributed by atoms with E-state index >= 15 is 0 Å². The normalized spacial score (nSPS) is 15.2. The van der Waals surface area contributed by atoms with Gasteiger partial charge in [-0.15, -0.1) is 0 Å². The van der Waals surface area contributed by atoms with E-state index in [2.05, 4.69) is 5.32 Å². The molecule has 1 aliphatic rings. The second kappa shape index (κ2) is 5.55. The summed E-state index contributed by atoms with van der Waals surface area (Å²) in [6, 6.07) is 3.07. The van der Waals surface area contributed by atoms with Crippen LogP contribution in [0.4, 0.5) is 5.88 Å². The highest BCUT2D eigenvalue weighted by Gasteiger charge is 2.23. The first-order chi connectivity index (χ1) is 9.10. The predicted molar refractivity (Wildman–Crippen MR) is 66.6 cm³/mol. The van der Waals surface area contributed by atoms with Gasteiger partial charge in [0.05, 0.1) is 0 Å². The summed E-state index contributed by atoms with van der Waals surface area (Å²) in [5.41, 5.74) is 0. The minimum atomic E-state index is -0.257. The van der Waals surface area contributed by atoms with Crippen LogP contribution in [0.15, 0.2) is 16.5 Å². The smallest absolute Gasteiger partial charge is 0.289 e. The fraction of sp³-hybridized carbons (Fsp3) is 0.417. The highest BCUT2D eigenvalue weighted by atomic mass is 16.4. The largest absolute Gasteiger partial charge is 0.435 e. The second-order valence-corrected chi connectivity index (χ2v) is 4.28. The number of hydrogen-bond acceptors (Lipinski definition) is 4. The first kappa shape index (κ1) is 13.1. The first-order valence-electron chi connectivity index (χ1n) is 5.96. The molecule has 0 unspecified atom stereocenters. The van der Waals surface area contributed by atoms with Crippen LogP contribution in [0, 0.1) is 0 Å². The lowest BCUT2D eigenvalue weighted by molar-refractivity contribution is -0.119. The van der Waals surface area contributed by atoms with E-state index in [1.165, 1.54) is 19.1 Å². The molecule has 0 atom stereocenters. The zero-order chi connectivity index (χ0) is 13.8. The molecular weight excluding hydrogens is 250 g/mol. The van der Waals surface area contributed by atoms with Gasteiger partial charge in [0.15, 0.2) is 11.6 Å². The Bertz CT molecular complexity index is 489. The predicted octanol–water partition coefficient (Wildman–Crippen LogP) is 0.152. The van der Waals surface area contributed by atoms with E-state index in [9.17, 15) is 14.4 Å². The lowest BCUT2D eigenvalue weighted by atomic mass is 10.3. The molecule has 3 amide bonds. The van der Waals surface area contributed by atoms with Gasteiger partial charge in [-0.05, 0) is 6.07 Å². The number of carbonyl (C=O) groups excluding carboxylic acids is 3. The van der Waals surface area contributed by atoms with Crippen LogP contribution in [0.5, 0.6) is 0 Å². The molecule has 7 heteroatoms. The minimum Gasteiger partial charge on any atom is -0.435 e. The Hall–Kier alpha value is -2.31. The molecule has 1 N–H and O–H groups in total. The number of hydrogen-bond donors (Lipinski definition) is 1. The molecule has 0 aliphatic carbocycles. The molecule has 1 aromatic heterocycles. The number of anilines is 1. The zero-order valence-electron chi connectivity index (χ0n) is 10.6. The van der Waals surface area contributed by atoms with E-state index < -0.39 is 0 Å². The maximum absolute atomic E-state index is 12.1. The van der Waals surface area contributed by atoms with Crippen LogP contribution in [0.3, 0.4) is 0 Å². The highest BCUT2D eigenvalue weighted by Crippen LogP contribution is 2.16. The average molecular weight is 265 g/mol. The summed E-state index contributed by atoms with van der Waals surface area (Å²) in [5.74, 6) is -0.0548. The van der Waals surface area contributed by atoms with Gasteiger partial charge in [-0.3, -0.25) is 19.7 Å². The van der Waals surface area contributed by atoms with Crippen molar-refractivity contribution in [1.29, 1.82) is 0 Å². The van der Waals surface area contributed by atoms with Crippen LogP contribution in [-0.2, 0) is 9.59 Å². The van der Waals surface area contributed by atoms with Gasteiger partial charge in [-0.1, -0.05) is 0 Å². The van der Waals surface area contributed by atoms with Crippen LogP contribution in [-0.4, -0.2) is 54.2 Å². The van der Waals surface area contributed by atoms with Gasteiger partial charge < -0.3 is 14.2 Å². The van der Waals surface area contributed by atoms with Gasteiger partial charge in [0.25, 0.3) is 5.91 Å². The van der Waals surface area contributed by atoms with Crippen molar-refractivity contribution in [3.63, 3.8) is 0 Å². The van der Waals surface area contributed by atoms with Crippen molar-refractivity contribution in [2.75, 3.05) is 31.5 Å². The minimum absolute atomic E-state index is 0.184. The molecule has 1 aromatic rings. The van der Waals surface area contributed by atoms with E-state index in [1.54, 1.807) is 9.80 Å². The third-order valence-electron chi connectivity index (χ3n) is 2.87. The number of carbonyl (C=O) groups is 3. The molecule has 1 aliphatic heterocycles. The molecule has 0 spiro atoms. The number of rotatable bonds is 3. The number of piperazine rings is 1. The number of amides is 3. The van der Waals surface area contributed by atoms with Gasteiger partial charge in [0.1, 0.15) is 0 Å². The number of nitrogens with one attached hydrogen (secondary N) is 1. The van der Waals surface area contributed by atoms with Crippen LogP contribution in [0.1, 0.15) is 17.5 Å². The van der Waals surface area contributed by atoms with Crippen LogP contribution < -0.4 is 5.32 Å². The topological polar surface area (TPSA) is 82.9 Å². The van der Waals surface area contributed by atoms with E-state index in [4.69, 9.17) is 4.42 Å². The summed E-state index contributed by atoms with van der Waals surface area (Å²) in [4.78, 5) is 36.8. The van der Waals surface area contributed by atoms with Gasteiger partial charge in [0, 0.05) is 39.2 Å². The van der Waals surface area contributed by atoms with Crippen molar-refractivity contribution in [3.8, 4) is 0 Å². The molecule has 2 rings (SSSR count). The quantitative estimate of drug-likeness (QED) is 0.789. The Morgan fingerprint density at radius 3 is 2.53 bits per heavy atom. The second-order valence-electron chi connectivity index (χ2n) is 4.28. The third-order valence-corrected chi connectivity index (χ3v) is 2.87.